The number of rotatable bonds is 9. The Morgan fingerprint density at radius 3 is 1.21 bits per heavy atom. The van der Waals surface area contributed by atoms with Crippen LogP contribution < -0.4 is 17.2 Å². The van der Waals surface area contributed by atoms with Crippen LogP contribution in [-0.4, -0.2) is 38.1 Å². The minimum absolute atomic E-state index is 0.620. The zero-order chi connectivity index (χ0) is 10.9. The summed E-state index contributed by atoms with van der Waals surface area (Å²) in [5.41, 5.74) is 16.3. The van der Waals surface area contributed by atoms with E-state index in [1.807, 2.05) is 0 Å². The molecule has 6 N–H and O–H groups in total. The van der Waals surface area contributed by atoms with Crippen LogP contribution in [0.5, 0.6) is 0 Å². The van der Waals surface area contributed by atoms with Crippen molar-refractivity contribution in [2.75, 3.05) is 38.1 Å². The van der Waals surface area contributed by atoms with E-state index in [9.17, 15) is 4.57 Å². The average molecular weight is 221 g/mol. The maximum Gasteiger partial charge on any atom is 0.0879 e. The Kier molecular flexibility index (Phi) is 8.49. The standard InChI is InChI=1S/C9H24N3OP/c10-4-1-7-14(13,8-2-5-11)9-3-6-12/h1-12H2. The fraction of sp³-hybridized carbons (Fsp3) is 1.00. The van der Waals surface area contributed by atoms with E-state index in [0.717, 1.165) is 37.7 Å². The van der Waals surface area contributed by atoms with Gasteiger partial charge in [0.05, 0.1) is 7.14 Å². The van der Waals surface area contributed by atoms with Gasteiger partial charge in [0.25, 0.3) is 0 Å². The predicted molar refractivity (Wildman–Crippen MR) is 63.2 cm³/mol. The van der Waals surface area contributed by atoms with Crippen molar-refractivity contribution in [2.45, 2.75) is 19.3 Å². The van der Waals surface area contributed by atoms with E-state index in [1.165, 1.54) is 0 Å². The van der Waals surface area contributed by atoms with Crippen molar-refractivity contribution in [2.24, 2.45) is 17.2 Å². The molecule has 0 aliphatic carbocycles. The Hall–Kier alpha value is 0.110. The van der Waals surface area contributed by atoms with Gasteiger partial charge in [-0.1, -0.05) is 0 Å². The second-order valence-corrected chi connectivity index (χ2v) is 7.11. The van der Waals surface area contributed by atoms with Gasteiger partial charge in [-0.25, -0.2) is 0 Å². The van der Waals surface area contributed by atoms with Crippen LogP contribution in [0.15, 0.2) is 0 Å². The topological polar surface area (TPSA) is 95.1 Å². The van der Waals surface area contributed by atoms with Crippen LogP contribution in [0.4, 0.5) is 0 Å². The molecular weight excluding hydrogens is 197 g/mol. The molecule has 0 aliphatic heterocycles. The van der Waals surface area contributed by atoms with E-state index >= 15 is 0 Å². The monoisotopic (exact) mass is 221 g/mol. The summed E-state index contributed by atoms with van der Waals surface area (Å²) in [5, 5.41) is 0. The maximum atomic E-state index is 12.3. The molecule has 0 bridgehead atoms. The van der Waals surface area contributed by atoms with Crippen molar-refractivity contribution in [3.8, 4) is 0 Å². The highest BCUT2D eigenvalue weighted by Gasteiger charge is 2.19. The fourth-order valence-corrected chi connectivity index (χ4v) is 4.42. The van der Waals surface area contributed by atoms with Crippen LogP contribution in [0.3, 0.4) is 0 Å². The molecule has 4 nitrogen and oxygen atoms in total. The molecule has 0 amide bonds. The van der Waals surface area contributed by atoms with Crippen LogP contribution in [0.1, 0.15) is 19.3 Å². The van der Waals surface area contributed by atoms with Gasteiger partial charge >= 0.3 is 0 Å². The summed E-state index contributed by atoms with van der Waals surface area (Å²) in [6.45, 7) is 1.86. The molecular formula is C9H24N3OP. The van der Waals surface area contributed by atoms with Crippen molar-refractivity contribution in [1.29, 1.82) is 0 Å². The third-order valence-corrected chi connectivity index (χ3v) is 5.70. The van der Waals surface area contributed by atoms with Crippen molar-refractivity contribution < 1.29 is 4.57 Å². The molecule has 14 heavy (non-hydrogen) atoms. The largest absolute Gasteiger partial charge is 0.330 e. The zero-order valence-electron chi connectivity index (χ0n) is 8.95. The molecule has 0 unspecified atom stereocenters. The van der Waals surface area contributed by atoms with Gasteiger partial charge in [0, 0.05) is 18.5 Å². The molecule has 0 radical (unpaired) electrons. The van der Waals surface area contributed by atoms with Crippen LogP contribution in [0, 0.1) is 0 Å². The highest BCUT2D eigenvalue weighted by Crippen LogP contribution is 2.46. The molecule has 0 atom stereocenters. The Balaban J connectivity index is 3.97. The molecule has 0 aromatic carbocycles. The first kappa shape index (κ1) is 14.1. The predicted octanol–water partition coefficient (Wildman–Crippen LogP) is 0.396. The Morgan fingerprint density at radius 1 is 0.714 bits per heavy atom. The van der Waals surface area contributed by atoms with Crippen molar-refractivity contribution in [3.63, 3.8) is 0 Å². The molecule has 5 heteroatoms. The molecule has 0 fully saturated rings. The van der Waals surface area contributed by atoms with E-state index in [0.29, 0.717) is 19.6 Å². The lowest BCUT2D eigenvalue weighted by Gasteiger charge is -2.17. The first-order chi connectivity index (χ1) is 6.68. The molecule has 0 aromatic rings. The average Bonchev–Trinajstić information content (AvgIpc) is 2.21. The Bertz CT molecular complexity index is 147. The van der Waals surface area contributed by atoms with E-state index in [1.54, 1.807) is 0 Å². The lowest BCUT2D eigenvalue weighted by atomic mass is 10.5. The number of nitrogens with two attached hydrogens (primary N) is 3. The van der Waals surface area contributed by atoms with Crippen molar-refractivity contribution in [1.82, 2.24) is 0 Å². The van der Waals surface area contributed by atoms with Gasteiger partial charge in [-0.15, -0.1) is 0 Å². The SMILES string of the molecule is NCCCP(=O)(CCCN)CCCN. The zero-order valence-corrected chi connectivity index (χ0v) is 9.85. The van der Waals surface area contributed by atoms with Crippen molar-refractivity contribution >= 4 is 7.14 Å². The molecule has 0 aliphatic rings. The lowest BCUT2D eigenvalue weighted by molar-refractivity contribution is 0.569. The molecule has 86 valence electrons. The smallest absolute Gasteiger partial charge is 0.0879 e. The molecule has 0 heterocycles. The molecule has 0 spiro atoms. The summed E-state index contributed by atoms with van der Waals surface area (Å²) in [6.07, 6.45) is 4.86. The molecule has 0 rings (SSSR count). The lowest BCUT2D eigenvalue weighted by Crippen LogP contribution is -2.11. The van der Waals surface area contributed by atoms with Crippen molar-refractivity contribution in [3.05, 3.63) is 0 Å². The number of hydrogen-bond donors (Lipinski definition) is 3. The van der Waals surface area contributed by atoms with Gasteiger partial charge in [0.1, 0.15) is 0 Å². The van der Waals surface area contributed by atoms with Gasteiger partial charge in [0.15, 0.2) is 0 Å². The highest BCUT2D eigenvalue weighted by atomic mass is 31.2. The Labute approximate surface area is 87.0 Å². The van der Waals surface area contributed by atoms with Gasteiger partial charge in [-0.3, -0.25) is 0 Å². The summed E-state index contributed by atoms with van der Waals surface area (Å²) in [7, 11) is -2.01. The quantitative estimate of drug-likeness (QED) is 0.491. The summed E-state index contributed by atoms with van der Waals surface area (Å²) in [4.78, 5) is 0. The van der Waals surface area contributed by atoms with Crippen LogP contribution in [-0.2, 0) is 4.57 Å². The summed E-state index contributed by atoms with van der Waals surface area (Å²) < 4.78 is 12.3. The Morgan fingerprint density at radius 2 is 1.00 bits per heavy atom. The van der Waals surface area contributed by atoms with Crippen LogP contribution >= 0.6 is 7.14 Å². The minimum atomic E-state index is -2.01. The van der Waals surface area contributed by atoms with E-state index in [-0.39, 0.29) is 0 Å². The first-order valence-corrected chi connectivity index (χ1v) is 7.62. The van der Waals surface area contributed by atoms with E-state index in [4.69, 9.17) is 17.2 Å². The minimum Gasteiger partial charge on any atom is -0.330 e. The fourth-order valence-electron chi connectivity index (χ4n) is 1.47. The van der Waals surface area contributed by atoms with Gasteiger partial charge in [-0.05, 0) is 38.9 Å². The highest BCUT2D eigenvalue weighted by molar-refractivity contribution is 7.63. The third kappa shape index (κ3) is 6.55. The molecule has 0 aromatic heterocycles. The summed E-state index contributed by atoms with van der Waals surface area (Å²) in [5.74, 6) is 0. The number of hydrogen-bond acceptors (Lipinski definition) is 4. The first-order valence-electron chi connectivity index (χ1n) is 5.36. The van der Waals surface area contributed by atoms with E-state index < -0.39 is 7.14 Å². The maximum absolute atomic E-state index is 12.3. The van der Waals surface area contributed by atoms with E-state index in [2.05, 4.69) is 0 Å². The molecule has 0 saturated carbocycles. The van der Waals surface area contributed by atoms with Crippen LogP contribution in [0.25, 0.3) is 0 Å². The molecule has 0 saturated heterocycles. The van der Waals surface area contributed by atoms with Crippen LogP contribution in [0.2, 0.25) is 0 Å². The normalized spacial score (nSPS) is 11.9. The third-order valence-electron chi connectivity index (χ3n) is 2.31. The van der Waals surface area contributed by atoms with Gasteiger partial charge in [-0.2, -0.15) is 0 Å². The van der Waals surface area contributed by atoms with Gasteiger partial charge in [0.2, 0.25) is 0 Å². The summed E-state index contributed by atoms with van der Waals surface area (Å²) in [6, 6.07) is 0. The summed E-state index contributed by atoms with van der Waals surface area (Å²) >= 11 is 0. The second kappa shape index (κ2) is 8.42. The second-order valence-electron chi connectivity index (χ2n) is 3.66. The van der Waals surface area contributed by atoms with Gasteiger partial charge < -0.3 is 21.8 Å².